The van der Waals surface area contributed by atoms with Gasteiger partial charge in [-0.1, -0.05) is 80.6 Å². The highest BCUT2D eigenvalue weighted by Crippen LogP contribution is 2.00. The van der Waals surface area contributed by atoms with Gasteiger partial charge in [0.15, 0.2) is 0 Å². The van der Waals surface area contributed by atoms with E-state index < -0.39 is 0 Å². The molecule has 19 heavy (non-hydrogen) atoms. The highest BCUT2D eigenvalue weighted by Gasteiger charge is 1.98. The maximum Gasteiger partial charge on any atom is 0.00216 e. The van der Waals surface area contributed by atoms with Crippen LogP contribution in [0.25, 0.3) is 0 Å². The predicted octanol–water partition coefficient (Wildman–Crippen LogP) is 4.26. The van der Waals surface area contributed by atoms with Gasteiger partial charge in [-0.3, -0.25) is 0 Å². The fourth-order valence-corrected chi connectivity index (χ4v) is 1.86. The van der Waals surface area contributed by atoms with Crippen LogP contribution in [0.3, 0.4) is 0 Å². The van der Waals surface area contributed by atoms with E-state index in [1.54, 1.807) is 0 Å². The molecule has 0 N–H and O–H groups in total. The van der Waals surface area contributed by atoms with Gasteiger partial charge in [-0.25, -0.2) is 0 Å². The van der Waals surface area contributed by atoms with Crippen LogP contribution in [-0.4, -0.2) is 24.5 Å². The molecule has 0 atom stereocenters. The second kappa shape index (κ2) is 10.3. The van der Waals surface area contributed by atoms with Gasteiger partial charge in [0, 0.05) is 6.54 Å². The summed E-state index contributed by atoms with van der Waals surface area (Å²) in [6.07, 6.45) is 1.17. The molecule has 2 rings (SSSR count). The zero-order valence-electron chi connectivity index (χ0n) is 12.1. The van der Waals surface area contributed by atoms with Crippen LogP contribution < -0.4 is 0 Å². The van der Waals surface area contributed by atoms with Crippen molar-refractivity contribution in [3.8, 4) is 0 Å². The number of benzene rings is 2. The van der Waals surface area contributed by atoms with Crippen molar-refractivity contribution in [2.45, 2.75) is 20.3 Å². The van der Waals surface area contributed by atoms with E-state index in [-0.39, 0.29) is 0 Å². The van der Waals surface area contributed by atoms with Crippen LogP contribution in [0, 0.1) is 0 Å². The van der Waals surface area contributed by atoms with E-state index in [0.29, 0.717) is 0 Å². The molecule has 102 valence electrons. The minimum absolute atomic E-state index is 1.16. The summed E-state index contributed by atoms with van der Waals surface area (Å²) in [7, 11) is 0. The molecule has 0 bridgehead atoms. The molecular formula is C18H25N. The molecule has 0 unspecified atom stereocenters. The molecule has 0 radical (unpaired) electrons. The zero-order valence-corrected chi connectivity index (χ0v) is 12.1. The van der Waals surface area contributed by atoms with E-state index in [2.05, 4.69) is 49.1 Å². The summed E-state index contributed by atoms with van der Waals surface area (Å²) in [5.74, 6) is 0. The second-order valence-electron chi connectivity index (χ2n) is 4.42. The molecule has 0 aliphatic heterocycles. The number of nitrogens with zero attached hydrogens (tertiary/aromatic N) is 1. The summed E-state index contributed by atoms with van der Waals surface area (Å²) >= 11 is 0. The van der Waals surface area contributed by atoms with Gasteiger partial charge in [-0.15, -0.1) is 0 Å². The summed E-state index contributed by atoms with van der Waals surface area (Å²) in [5, 5.41) is 0. The third kappa shape index (κ3) is 7.43. The van der Waals surface area contributed by atoms with E-state index in [0.717, 1.165) is 13.1 Å². The maximum absolute atomic E-state index is 2.45. The van der Waals surface area contributed by atoms with Crippen LogP contribution in [0.1, 0.15) is 19.4 Å². The Morgan fingerprint density at radius 1 is 0.684 bits per heavy atom. The molecule has 0 amide bonds. The average Bonchev–Trinajstić information content (AvgIpc) is 2.52. The lowest BCUT2D eigenvalue weighted by Crippen LogP contribution is -2.25. The van der Waals surface area contributed by atoms with Crippen LogP contribution >= 0.6 is 0 Å². The van der Waals surface area contributed by atoms with Crippen molar-refractivity contribution in [2.75, 3.05) is 19.6 Å². The lowest BCUT2D eigenvalue weighted by atomic mass is 10.1. The Balaban J connectivity index is 0.000000250. The molecule has 0 spiro atoms. The minimum Gasteiger partial charge on any atom is -0.304 e. The Labute approximate surface area is 117 Å². The van der Waals surface area contributed by atoms with Gasteiger partial charge in [0.2, 0.25) is 0 Å². The van der Waals surface area contributed by atoms with Crippen molar-refractivity contribution >= 4 is 0 Å². The lowest BCUT2D eigenvalue weighted by molar-refractivity contribution is 0.308. The monoisotopic (exact) mass is 255 g/mol. The summed E-state index contributed by atoms with van der Waals surface area (Å²) in [4.78, 5) is 2.45. The first-order valence-electron chi connectivity index (χ1n) is 7.13. The quantitative estimate of drug-likeness (QED) is 0.771. The Morgan fingerprint density at radius 2 is 1.11 bits per heavy atom. The molecule has 0 saturated heterocycles. The number of rotatable bonds is 5. The number of hydrogen-bond donors (Lipinski definition) is 0. The third-order valence-corrected chi connectivity index (χ3v) is 3.12. The van der Waals surface area contributed by atoms with Gasteiger partial charge in [-0.05, 0) is 25.1 Å². The van der Waals surface area contributed by atoms with E-state index in [9.17, 15) is 0 Å². The Morgan fingerprint density at radius 3 is 1.53 bits per heavy atom. The highest BCUT2D eigenvalue weighted by atomic mass is 15.1. The fraction of sp³-hybridized carbons (Fsp3) is 0.333. The molecule has 0 aliphatic carbocycles. The molecule has 0 aliphatic rings. The third-order valence-electron chi connectivity index (χ3n) is 3.12. The average molecular weight is 255 g/mol. The topological polar surface area (TPSA) is 3.24 Å². The summed E-state index contributed by atoms with van der Waals surface area (Å²) in [6.45, 7) is 7.92. The van der Waals surface area contributed by atoms with Crippen molar-refractivity contribution in [3.63, 3.8) is 0 Å². The van der Waals surface area contributed by atoms with Crippen molar-refractivity contribution in [2.24, 2.45) is 0 Å². The largest absolute Gasteiger partial charge is 0.304 e. The first-order valence-corrected chi connectivity index (χ1v) is 7.13. The predicted molar refractivity (Wildman–Crippen MR) is 84.4 cm³/mol. The van der Waals surface area contributed by atoms with Crippen LogP contribution in [0.4, 0.5) is 0 Å². The van der Waals surface area contributed by atoms with Crippen LogP contribution in [0.2, 0.25) is 0 Å². The van der Waals surface area contributed by atoms with Crippen molar-refractivity contribution < 1.29 is 0 Å². The molecule has 2 aromatic carbocycles. The molecule has 0 fully saturated rings. The van der Waals surface area contributed by atoms with Gasteiger partial charge >= 0.3 is 0 Å². The molecule has 2 aromatic rings. The van der Waals surface area contributed by atoms with Crippen LogP contribution in [0.15, 0.2) is 66.7 Å². The van der Waals surface area contributed by atoms with Gasteiger partial charge < -0.3 is 4.90 Å². The first-order chi connectivity index (χ1) is 9.36. The summed E-state index contributed by atoms with van der Waals surface area (Å²) in [6, 6.07) is 22.7. The molecule has 1 heteroatoms. The Kier molecular flexibility index (Phi) is 8.41. The van der Waals surface area contributed by atoms with Crippen LogP contribution in [0.5, 0.6) is 0 Å². The van der Waals surface area contributed by atoms with Gasteiger partial charge in [0.05, 0.1) is 0 Å². The highest BCUT2D eigenvalue weighted by molar-refractivity contribution is 5.14. The van der Waals surface area contributed by atoms with E-state index in [1.165, 1.54) is 18.5 Å². The van der Waals surface area contributed by atoms with Gasteiger partial charge in [0.1, 0.15) is 0 Å². The smallest absolute Gasteiger partial charge is 0.00216 e. The van der Waals surface area contributed by atoms with Gasteiger partial charge in [-0.2, -0.15) is 0 Å². The van der Waals surface area contributed by atoms with Crippen molar-refractivity contribution in [3.05, 3.63) is 72.3 Å². The first kappa shape index (κ1) is 15.5. The zero-order chi connectivity index (χ0) is 13.8. The number of hydrogen-bond acceptors (Lipinski definition) is 1. The van der Waals surface area contributed by atoms with Crippen molar-refractivity contribution in [1.29, 1.82) is 0 Å². The van der Waals surface area contributed by atoms with Crippen LogP contribution in [-0.2, 0) is 6.42 Å². The standard InChI is InChI=1S/C12H19N.C6H6/c1-3-13(4-2)11-10-12-8-6-5-7-9-12;1-2-4-6-5-3-1/h5-9H,3-4,10-11H2,1-2H3;1-6H. The minimum atomic E-state index is 1.16. The maximum atomic E-state index is 2.45. The second-order valence-corrected chi connectivity index (χ2v) is 4.42. The van der Waals surface area contributed by atoms with E-state index in [4.69, 9.17) is 0 Å². The van der Waals surface area contributed by atoms with Crippen molar-refractivity contribution in [1.82, 2.24) is 4.90 Å². The Bertz CT molecular complexity index is 366. The van der Waals surface area contributed by atoms with E-state index >= 15 is 0 Å². The molecule has 0 heterocycles. The lowest BCUT2D eigenvalue weighted by Gasteiger charge is -2.17. The van der Waals surface area contributed by atoms with E-state index in [1.807, 2.05) is 36.4 Å². The fourth-order valence-electron chi connectivity index (χ4n) is 1.86. The summed E-state index contributed by atoms with van der Waals surface area (Å²) < 4.78 is 0. The molecule has 0 aromatic heterocycles. The molecule has 1 nitrogen and oxygen atoms in total. The molecule has 0 saturated carbocycles. The Hall–Kier alpha value is -1.60. The number of likely N-dealkylation sites (N-methyl/N-ethyl adjacent to an activating group) is 1. The normalized spacial score (nSPS) is 9.84. The van der Waals surface area contributed by atoms with Gasteiger partial charge in [0.25, 0.3) is 0 Å². The molecular weight excluding hydrogens is 230 g/mol. The summed E-state index contributed by atoms with van der Waals surface area (Å²) in [5.41, 5.74) is 1.44. The SMILES string of the molecule is CCN(CC)CCc1ccccc1.c1ccccc1.